The van der Waals surface area contributed by atoms with E-state index in [9.17, 15) is 9.59 Å². The minimum atomic E-state index is -0.215. The van der Waals surface area contributed by atoms with Crippen LogP contribution in [0.25, 0.3) is 0 Å². The lowest BCUT2D eigenvalue weighted by atomic mass is 10.1. The molecule has 1 atom stereocenters. The molecule has 22 heavy (non-hydrogen) atoms. The zero-order chi connectivity index (χ0) is 15.9. The van der Waals surface area contributed by atoms with Gasteiger partial charge in [-0.2, -0.15) is 0 Å². The molecule has 0 radical (unpaired) electrons. The third kappa shape index (κ3) is 4.14. The molecule has 0 bridgehead atoms. The number of hydrogen-bond acceptors (Lipinski definition) is 4. The van der Waals surface area contributed by atoms with Crippen LogP contribution in [0.15, 0.2) is 35.8 Å². The van der Waals surface area contributed by atoms with Crippen LogP contribution in [0.2, 0.25) is 0 Å². The van der Waals surface area contributed by atoms with E-state index in [2.05, 4.69) is 15.6 Å². The molecule has 5 nitrogen and oxygen atoms in total. The van der Waals surface area contributed by atoms with Gasteiger partial charge in [-0.15, -0.1) is 11.3 Å². The molecule has 2 rings (SSSR count). The van der Waals surface area contributed by atoms with Crippen molar-refractivity contribution in [2.45, 2.75) is 26.3 Å². The van der Waals surface area contributed by atoms with Crippen molar-refractivity contribution in [2.24, 2.45) is 0 Å². The maximum Gasteiger partial charge on any atom is 0.251 e. The predicted molar refractivity (Wildman–Crippen MR) is 87.1 cm³/mol. The first-order valence-corrected chi connectivity index (χ1v) is 8.08. The van der Waals surface area contributed by atoms with Crippen LogP contribution in [0.5, 0.6) is 0 Å². The topological polar surface area (TPSA) is 71.1 Å². The lowest BCUT2D eigenvalue weighted by Gasteiger charge is -2.12. The Balaban J connectivity index is 2.05. The summed E-state index contributed by atoms with van der Waals surface area (Å²) in [6.07, 6.45) is 2.58. The molecule has 116 valence electrons. The molecule has 1 heterocycles. The Hall–Kier alpha value is -2.21. The van der Waals surface area contributed by atoms with E-state index >= 15 is 0 Å². The highest BCUT2D eigenvalue weighted by atomic mass is 32.1. The van der Waals surface area contributed by atoms with Crippen molar-refractivity contribution >= 4 is 23.2 Å². The number of rotatable bonds is 6. The molecule has 0 saturated heterocycles. The summed E-state index contributed by atoms with van der Waals surface area (Å²) in [5.74, 6) is -0.377. The standard InChI is InChI=1S/C16H19N3O2S/c1-3-7-17-14(20)12-5-4-6-13(10-12)15(21)19-11(2)16-18-8-9-22-16/h4-6,8-11H,3,7H2,1-2H3,(H,17,20)(H,19,21)/t11-/m0/s1. The van der Waals surface area contributed by atoms with Crippen LogP contribution < -0.4 is 10.6 Å². The van der Waals surface area contributed by atoms with Gasteiger partial charge in [-0.3, -0.25) is 9.59 Å². The van der Waals surface area contributed by atoms with Gasteiger partial charge in [0.1, 0.15) is 5.01 Å². The van der Waals surface area contributed by atoms with E-state index in [-0.39, 0.29) is 17.9 Å². The average Bonchev–Trinajstić information content (AvgIpc) is 3.07. The Morgan fingerprint density at radius 2 is 2.00 bits per heavy atom. The number of amides is 2. The van der Waals surface area contributed by atoms with Gasteiger partial charge < -0.3 is 10.6 Å². The normalized spacial score (nSPS) is 11.7. The number of carbonyl (C=O) groups excluding carboxylic acids is 2. The smallest absolute Gasteiger partial charge is 0.251 e. The van der Waals surface area contributed by atoms with Gasteiger partial charge in [0.05, 0.1) is 6.04 Å². The van der Waals surface area contributed by atoms with Gasteiger partial charge in [0.15, 0.2) is 0 Å². The third-order valence-electron chi connectivity index (χ3n) is 3.09. The predicted octanol–water partition coefficient (Wildman–Crippen LogP) is 2.77. The molecular weight excluding hydrogens is 298 g/mol. The molecule has 0 unspecified atom stereocenters. The summed E-state index contributed by atoms with van der Waals surface area (Å²) >= 11 is 1.50. The first-order chi connectivity index (χ1) is 10.6. The van der Waals surface area contributed by atoms with Crippen molar-refractivity contribution in [2.75, 3.05) is 6.54 Å². The summed E-state index contributed by atoms with van der Waals surface area (Å²) in [6.45, 7) is 4.50. The first kappa shape index (κ1) is 16.2. The molecule has 0 saturated carbocycles. The highest BCUT2D eigenvalue weighted by Gasteiger charge is 2.14. The van der Waals surface area contributed by atoms with E-state index < -0.39 is 0 Å². The van der Waals surface area contributed by atoms with Gasteiger partial charge in [0.25, 0.3) is 11.8 Å². The van der Waals surface area contributed by atoms with Gasteiger partial charge in [0, 0.05) is 29.2 Å². The summed E-state index contributed by atoms with van der Waals surface area (Å²) in [6, 6.07) is 6.55. The lowest BCUT2D eigenvalue weighted by Crippen LogP contribution is -2.27. The van der Waals surface area contributed by atoms with E-state index in [1.54, 1.807) is 30.5 Å². The van der Waals surface area contributed by atoms with Crippen molar-refractivity contribution in [3.05, 3.63) is 52.0 Å². The van der Waals surface area contributed by atoms with Gasteiger partial charge >= 0.3 is 0 Å². The second kappa shape index (κ2) is 7.70. The monoisotopic (exact) mass is 317 g/mol. The molecule has 0 spiro atoms. The molecular formula is C16H19N3O2S. The Labute approximate surface area is 133 Å². The third-order valence-corrected chi connectivity index (χ3v) is 4.05. The van der Waals surface area contributed by atoms with Crippen molar-refractivity contribution in [3.8, 4) is 0 Å². The van der Waals surface area contributed by atoms with Gasteiger partial charge in [-0.05, 0) is 31.5 Å². The number of nitrogens with zero attached hydrogens (tertiary/aromatic N) is 1. The summed E-state index contributed by atoms with van der Waals surface area (Å²) in [7, 11) is 0. The maximum absolute atomic E-state index is 12.3. The van der Waals surface area contributed by atoms with Gasteiger partial charge in [-0.1, -0.05) is 13.0 Å². The zero-order valence-electron chi connectivity index (χ0n) is 12.6. The molecule has 0 aliphatic rings. The number of carbonyl (C=O) groups is 2. The fourth-order valence-corrected chi connectivity index (χ4v) is 2.58. The van der Waals surface area contributed by atoms with E-state index in [4.69, 9.17) is 0 Å². The number of thiazole rings is 1. The van der Waals surface area contributed by atoms with Crippen LogP contribution in [-0.4, -0.2) is 23.3 Å². The Morgan fingerprint density at radius 3 is 2.64 bits per heavy atom. The number of hydrogen-bond donors (Lipinski definition) is 2. The molecule has 1 aromatic heterocycles. The lowest BCUT2D eigenvalue weighted by molar-refractivity contribution is 0.0940. The molecule has 6 heteroatoms. The van der Waals surface area contributed by atoms with Crippen LogP contribution >= 0.6 is 11.3 Å². The summed E-state index contributed by atoms with van der Waals surface area (Å²) in [5.41, 5.74) is 0.954. The fourth-order valence-electron chi connectivity index (χ4n) is 1.93. The van der Waals surface area contributed by atoms with E-state index in [1.807, 2.05) is 19.2 Å². The Bertz CT molecular complexity index is 641. The number of nitrogens with one attached hydrogen (secondary N) is 2. The van der Waals surface area contributed by atoms with Gasteiger partial charge in [-0.25, -0.2) is 4.98 Å². The van der Waals surface area contributed by atoms with Gasteiger partial charge in [0.2, 0.25) is 0 Å². The van der Waals surface area contributed by atoms with E-state index in [0.717, 1.165) is 11.4 Å². The van der Waals surface area contributed by atoms with Crippen molar-refractivity contribution in [1.82, 2.24) is 15.6 Å². The summed E-state index contributed by atoms with van der Waals surface area (Å²) < 4.78 is 0. The van der Waals surface area contributed by atoms with Crippen molar-refractivity contribution < 1.29 is 9.59 Å². The highest BCUT2D eigenvalue weighted by Crippen LogP contribution is 2.15. The molecule has 2 amide bonds. The number of benzene rings is 1. The maximum atomic E-state index is 12.3. The van der Waals surface area contributed by atoms with Crippen LogP contribution in [-0.2, 0) is 0 Å². The number of aromatic nitrogens is 1. The SMILES string of the molecule is CCCNC(=O)c1cccc(C(=O)N[C@@H](C)c2nccs2)c1. The summed E-state index contributed by atoms with van der Waals surface area (Å²) in [5, 5.41) is 8.41. The van der Waals surface area contributed by atoms with Crippen molar-refractivity contribution in [3.63, 3.8) is 0 Å². The second-order valence-corrected chi connectivity index (χ2v) is 5.83. The minimum absolute atomic E-state index is 0.162. The minimum Gasteiger partial charge on any atom is -0.352 e. The molecule has 0 aliphatic carbocycles. The molecule has 2 N–H and O–H groups in total. The van der Waals surface area contributed by atoms with Crippen LogP contribution in [0, 0.1) is 0 Å². The molecule has 1 aromatic carbocycles. The van der Waals surface area contributed by atoms with Crippen LogP contribution in [0.4, 0.5) is 0 Å². The fraction of sp³-hybridized carbons (Fsp3) is 0.312. The molecule has 2 aromatic rings. The zero-order valence-corrected chi connectivity index (χ0v) is 13.4. The van der Waals surface area contributed by atoms with E-state index in [1.165, 1.54) is 11.3 Å². The average molecular weight is 317 g/mol. The Kier molecular flexibility index (Phi) is 5.66. The Morgan fingerprint density at radius 1 is 1.27 bits per heavy atom. The second-order valence-electron chi connectivity index (χ2n) is 4.90. The largest absolute Gasteiger partial charge is 0.352 e. The van der Waals surface area contributed by atoms with Crippen LogP contribution in [0.3, 0.4) is 0 Å². The molecule has 0 aliphatic heterocycles. The van der Waals surface area contributed by atoms with Crippen molar-refractivity contribution in [1.29, 1.82) is 0 Å². The van der Waals surface area contributed by atoms with E-state index in [0.29, 0.717) is 17.7 Å². The van der Waals surface area contributed by atoms with Crippen LogP contribution in [0.1, 0.15) is 52.0 Å². The summed E-state index contributed by atoms with van der Waals surface area (Å²) in [4.78, 5) is 28.4. The quantitative estimate of drug-likeness (QED) is 0.860. The highest BCUT2D eigenvalue weighted by molar-refractivity contribution is 7.09. The first-order valence-electron chi connectivity index (χ1n) is 7.20. The molecule has 0 fully saturated rings.